The molecule has 1 aliphatic carbocycles. The van der Waals surface area contributed by atoms with Crippen molar-refractivity contribution in [3.05, 3.63) is 35.4 Å². The molecule has 1 fully saturated rings. The third kappa shape index (κ3) is 4.02. The lowest BCUT2D eigenvalue weighted by atomic mass is 9.76. The highest BCUT2D eigenvalue weighted by atomic mass is 19.2. The predicted molar refractivity (Wildman–Crippen MR) is 78.6 cm³/mol. The Labute approximate surface area is 120 Å². The van der Waals surface area contributed by atoms with Gasteiger partial charge in [-0.25, -0.2) is 8.78 Å². The Balaban J connectivity index is 2.04. The van der Waals surface area contributed by atoms with E-state index >= 15 is 0 Å². The summed E-state index contributed by atoms with van der Waals surface area (Å²) in [6.45, 7) is 5.49. The van der Waals surface area contributed by atoms with E-state index in [9.17, 15) is 8.78 Å². The zero-order valence-corrected chi connectivity index (χ0v) is 12.5. The highest BCUT2D eigenvalue weighted by Gasteiger charge is 2.28. The first kappa shape index (κ1) is 15.4. The first-order valence-electron chi connectivity index (χ1n) is 7.77. The second-order valence-corrected chi connectivity index (χ2v) is 6.19. The van der Waals surface area contributed by atoms with Crippen LogP contribution in [0.4, 0.5) is 8.78 Å². The summed E-state index contributed by atoms with van der Waals surface area (Å²) in [6.07, 6.45) is 5.58. The molecule has 3 atom stereocenters. The molecule has 0 spiro atoms. The van der Waals surface area contributed by atoms with Gasteiger partial charge in [-0.3, -0.25) is 0 Å². The van der Waals surface area contributed by atoms with E-state index < -0.39 is 11.6 Å². The number of rotatable bonds is 5. The predicted octanol–water partition coefficient (Wildman–Crippen LogP) is 4.31. The fraction of sp³-hybridized carbons (Fsp3) is 0.647. The lowest BCUT2D eigenvalue weighted by Crippen LogP contribution is -2.41. The zero-order valence-electron chi connectivity index (χ0n) is 12.5. The van der Waals surface area contributed by atoms with Gasteiger partial charge in [0.2, 0.25) is 0 Å². The molecule has 3 heteroatoms. The molecule has 1 aromatic carbocycles. The number of hydrogen-bond donors (Lipinski definition) is 1. The number of nitrogens with one attached hydrogen (secondary N) is 1. The quantitative estimate of drug-likeness (QED) is 0.848. The maximum Gasteiger partial charge on any atom is 0.159 e. The molecular weight excluding hydrogens is 256 g/mol. The van der Waals surface area contributed by atoms with E-state index in [0.717, 1.165) is 30.9 Å². The van der Waals surface area contributed by atoms with Crippen molar-refractivity contribution in [2.75, 3.05) is 6.54 Å². The summed E-state index contributed by atoms with van der Waals surface area (Å²) in [5.41, 5.74) is 0.909. The van der Waals surface area contributed by atoms with Crippen molar-refractivity contribution in [2.24, 2.45) is 11.8 Å². The molecule has 1 aliphatic rings. The number of benzene rings is 1. The number of halogens is 2. The van der Waals surface area contributed by atoms with Crippen LogP contribution in [-0.4, -0.2) is 12.6 Å². The van der Waals surface area contributed by atoms with E-state index in [2.05, 4.69) is 19.2 Å². The second-order valence-electron chi connectivity index (χ2n) is 6.19. The minimum Gasteiger partial charge on any atom is -0.314 e. The van der Waals surface area contributed by atoms with Gasteiger partial charge in [-0.05, 0) is 68.2 Å². The van der Waals surface area contributed by atoms with Gasteiger partial charge in [0.1, 0.15) is 0 Å². The minimum atomic E-state index is -0.758. The van der Waals surface area contributed by atoms with E-state index in [0.29, 0.717) is 12.0 Å². The zero-order chi connectivity index (χ0) is 14.5. The molecule has 3 unspecified atom stereocenters. The molecule has 0 aromatic heterocycles. The molecule has 1 N–H and O–H groups in total. The van der Waals surface area contributed by atoms with Crippen LogP contribution in [0, 0.1) is 23.5 Å². The van der Waals surface area contributed by atoms with Gasteiger partial charge in [0.15, 0.2) is 11.6 Å². The molecule has 0 amide bonds. The van der Waals surface area contributed by atoms with Crippen molar-refractivity contribution in [3.63, 3.8) is 0 Å². The van der Waals surface area contributed by atoms with Crippen LogP contribution in [0.1, 0.15) is 45.1 Å². The van der Waals surface area contributed by atoms with E-state index in [1.54, 1.807) is 6.07 Å². The Morgan fingerprint density at radius 3 is 2.70 bits per heavy atom. The third-order valence-corrected chi connectivity index (χ3v) is 4.38. The molecule has 112 valence electrons. The maximum atomic E-state index is 13.3. The Bertz CT molecular complexity index is 431. The van der Waals surface area contributed by atoms with Crippen LogP contribution in [0.15, 0.2) is 18.2 Å². The fourth-order valence-electron chi connectivity index (χ4n) is 3.29. The lowest BCUT2D eigenvalue weighted by molar-refractivity contribution is 0.212. The van der Waals surface area contributed by atoms with Crippen LogP contribution in [0.2, 0.25) is 0 Å². The fourth-order valence-corrected chi connectivity index (χ4v) is 3.29. The van der Waals surface area contributed by atoms with Crippen LogP contribution < -0.4 is 5.32 Å². The number of hydrogen-bond acceptors (Lipinski definition) is 1. The van der Waals surface area contributed by atoms with Crippen LogP contribution in [0.25, 0.3) is 0 Å². The van der Waals surface area contributed by atoms with Gasteiger partial charge in [-0.1, -0.05) is 19.9 Å². The van der Waals surface area contributed by atoms with E-state index in [-0.39, 0.29) is 0 Å². The van der Waals surface area contributed by atoms with Crippen molar-refractivity contribution in [2.45, 2.75) is 52.0 Å². The SMILES string of the molecule is CCCNC1CCC(C)CC1Cc1ccc(F)c(F)c1. The molecule has 1 nitrogen and oxygen atoms in total. The Morgan fingerprint density at radius 2 is 2.00 bits per heavy atom. The van der Waals surface area contributed by atoms with E-state index in [1.807, 2.05) is 0 Å². The van der Waals surface area contributed by atoms with Gasteiger partial charge in [0, 0.05) is 6.04 Å². The van der Waals surface area contributed by atoms with Gasteiger partial charge in [-0.2, -0.15) is 0 Å². The van der Waals surface area contributed by atoms with E-state index in [4.69, 9.17) is 0 Å². The Morgan fingerprint density at radius 1 is 1.20 bits per heavy atom. The van der Waals surface area contributed by atoms with Crippen molar-refractivity contribution >= 4 is 0 Å². The van der Waals surface area contributed by atoms with Gasteiger partial charge in [0.25, 0.3) is 0 Å². The van der Waals surface area contributed by atoms with E-state index in [1.165, 1.54) is 31.4 Å². The third-order valence-electron chi connectivity index (χ3n) is 4.38. The molecular formula is C17H25F2N. The maximum absolute atomic E-state index is 13.3. The molecule has 0 aliphatic heterocycles. The van der Waals surface area contributed by atoms with Crippen LogP contribution in [0.3, 0.4) is 0 Å². The largest absolute Gasteiger partial charge is 0.314 e. The average Bonchev–Trinajstić information content (AvgIpc) is 2.42. The lowest BCUT2D eigenvalue weighted by Gasteiger charge is -2.35. The van der Waals surface area contributed by atoms with Crippen molar-refractivity contribution in [3.8, 4) is 0 Å². The standard InChI is InChI=1S/C17H25F2N/c1-3-8-20-17-7-4-12(2)9-14(17)10-13-5-6-15(18)16(19)11-13/h5-6,11-12,14,17,20H,3-4,7-10H2,1-2H3. The highest BCUT2D eigenvalue weighted by molar-refractivity contribution is 5.18. The molecule has 0 bridgehead atoms. The molecule has 0 saturated heterocycles. The van der Waals surface area contributed by atoms with Crippen molar-refractivity contribution in [1.29, 1.82) is 0 Å². The van der Waals surface area contributed by atoms with Crippen LogP contribution in [0.5, 0.6) is 0 Å². The highest BCUT2D eigenvalue weighted by Crippen LogP contribution is 2.31. The summed E-state index contributed by atoms with van der Waals surface area (Å²) in [4.78, 5) is 0. The monoisotopic (exact) mass is 281 g/mol. The second kappa shape index (κ2) is 7.16. The molecule has 1 saturated carbocycles. The molecule has 0 heterocycles. The summed E-state index contributed by atoms with van der Waals surface area (Å²) in [7, 11) is 0. The van der Waals surface area contributed by atoms with Gasteiger partial charge >= 0.3 is 0 Å². The summed E-state index contributed by atoms with van der Waals surface area (Å²) in [6, 6.07) is 4.82. The first-order valence-corrected chi connectivity index (χ1v) is 7.77. The summed E-state index contributed by atoms with van der Waals surface area (Å²) in [5.74, 6) is -0.240. The summed E-state index contributed by atoms with van der Waals surface area (Å²) >= 11 is 0. The van der Waals surface area contributed by atoms with Crippen molar-refractivity contribution in [1.82, 2.24) is 5.32 Å². The molecule has 2 rings (SSSR count). The summed E-state index contributed by atoms with van der Waals surface area (Å²) in [5, 5.41) is 3.62. The normalized spacial score (nSPS) is 26.7. The Hall–Kier alpha value is -0.960. The molecule has 0 radical (unpaired) electrons. The minimum absolute atomic E-state index is 0.513. The van der Waals surface area contributed by atoms with Crippen molar-refractivity contribution < 1.29 is 8.78 Å². The smallest absolute Gasteiger partial charge is 0.159 e. The average molecular weight is 281 g/mol. The van der Waals surface area contributed by atoms with Crippen LogP contribution >= 0.6 is 0 Å². The first-order chi connectivity index (χ1) is 9.60. The van der Waals surface area contributed by atoms with Gasteiger partial charge in [0.05, 0.1) is 0 Å². The topological polar surface area (TPSA) is 12.0 Å². The van der Waals surface area contributed by atoms with Gasteiger partial charge < -0.3 is 5.32 Å². The van der Waals surface area contributed by atoms with Crippen LogP contribution in [-0.2, 0) is 6.42 Å². The summed E-state index contributed by atoms with van der Waals surface area (Å²) < 4.78 is 26.3. The van der Waals surface area contributed by atoms with Gasteiger partial charge in [-0.15, -0.1) is 0 Å². The molecule has 1 aromatic rings. The Kier molecular flexibility index (Phi) is 5.53. The molecule has 20 heavy (non-hydrogen) atoms.